The molecule has 1 aliphatic heterocycles. The van der Waals surface area contributed by atoms with Gasteiger partial charge in [0.2, 0.25) is 11.8 Å². The summed E-state index contributed by atoms with van der Waals surface area (Å²) in [6.45, 7) is 4.82. The molecule has 23 heavy (non-hydrogen) atoms. The molecule has 0 bridgehead atoms. The minimum Gasteiger partial charge on any atom is -0.337 e. The lowest BCUT2D eigenvalue weighted by molar-refractivity contribution is -0.132. The average molecular weight is 314 g/mol. The van der Waals surface area contributed by atoms with E-state index in [4.69, 9.17) is 4.52 Å². The molecule has 1 fully saturated rings. The molecule has 0 saturated carbocycles. The van der Waals surface area contributed by atoms with Crippen LogP contribution in [0.1, 0.15) is 62.3 Å². The Bertz CT molecular complexity index is 654. The highest BCUT2D eigenvalue weighted by Crippen LogP contribution is 2.32. The summed E-state index contributed by atoms with van der Waals surface area (Å²) >= 11 is 0. The van der Waals surface area contributed by atoms with Crippen LogP contribution in [0.5, 0.6) is 0 Å². The number of likely N-dealkylation sites (tertiary alicyclic amines) is 1. The monoisotopic (exact) mass is 314 g/mol. The molecule has 3 heterocycles. The minimum absolute atomic E-state index is 0.0728. The molecule has 2 aromatic heterocycles. The molecule has 0 spiro atoms. The number of hydrogen-bond acceptors (Lipinski definition) is 5. The van der Waals surface area contributed by atoms with E-state index in [0.717, 1.165) is 24.9 Å². The Hall–Kier alpha value is -2.24. The van der Waals surface area contributed by atoms with E-state index in [1.165, 1.54) is 0 Å². The van der Waals surface area contributed by atoms with Gasteiger partial charge in [0.1, 0.15) is 6.04 Å². The summed E-state index contributed by atoms with van der Waals surface area (Å²) < 4.78 is 5.39. The van der Waals surface area contributed by atoms with E-state index in [2.05, 4.69) is 15.1 Å². The van der Waals surface area contributed by atoms with Crippen LogP contribution in [-0.4, -0.2) is 32.5 Å². The molecule has 6 nitrogen and oxygen atoms in total. The number of carbonyl (C=O) groups excluding carboxylic acids is 1. The first-order chi connectivity index (χ1) is 11.1. The van der Waals surface area contributed by atoms with Crippen LogP contribution in [0.25, 0.3) is 0 Å². The molecule has 1 amide bonds. The fourth-order valence-electron chi connectivity index (χ4n) is 2.88. The normalized spacial score (nSPS) is 17.9. The fourth-order valence-corrected chi connectivity index (χ4v) is 2.88. The summed E-state index contributed by atoms with van der Waals surface area (Å²) in [5.41, 5.74) is 1.08. The Morgan fingerprint density at radius 3 is 3.04 bits per heavy atom. The smallest absolute Gasteiger partial charge is 0.249 e. The van der Waals surface area contributed by atoms with E-state index in [-0.39, 0.29) is 17.9 Å². The van der Waals surface area contributed by atoms with Crippen molar-refractivity contribution in [3.8, 4) is 0 Å². The Kier molecular flexibility index (Phi) is 4.69. The third-order valence-electron chi connectivity index (χ3n) is 4.18. The van der Waals surface area contributed by atoms with Crippen LogP contribution in [0, 0.1) is 0 Å². The van der Waals surface area contributed by atoms with Gasteiger partial charge in [0.05, 0.1) is 0 Å². The summed E-state index contributed by atoms with van der Waals surface area (Å²) in [5.74, 6) is 1.64. The topological polar surface area (TPSA) is 72.1 Å². The second-order valence-corrected chi connectivity index (χ2v) is 6.25. The largest absolute Gasteiger partial charge is 0.337 e. The van der Waals surface area contributed by atoms with E-state index >= 15 is 0 Å². The van der Waals surface area contributed by atoms with Crippen molar-refractivity contribution in [1.29, 1.82) is 0 Å². The van der Waals surface area contributed by atoms with E-state index in [9.17, 15) is 4.79 Å². The number of nitrogens with zero attached hydrogens (tertiary/aromatic N) is 4. The van der Waals surface area contributed by atoms with Crippen LogP contribution >= 0.6 is 0 Å². The van der Waals surface area contributed by atoms with Crippen molar-refractivity contribution in [2.45, 2.75) is 51.5 Å². The van der Waals surface area contributed by atoms with Gasteiger partial charge in [-0.25, -0.2) is 0 Å². The van der Waals surface area contributed by atoms with Crippen molar-refractivity contribution >= 4 is 5.91 Å². The first-order valence-electron chi connectivity index (χ1n) is 8.17. The Balaban J connectivity index is 1.64. The molecule has 6 heteroatoms. The van der Waals surface area contributed by atoms with Crippen LogP contribution in [0.3, 0.4) is 0 Å². The predicted molar refractivity (Wildman–Crippen MR) is 84.6 cm³/mol. The highest BCUT2D eigenvalue weighted by Gasteiger charge is 2.33. The van der Waals surface area contributed by atoms with Crippen molar-refractivity contribution in [3.63, 3.8) is 0 Å². The van der Waals surface area contributed by atoms with Crippen molar-refractivity contribution < 1.29 is 9.32 Å². The molecule has 0 N–H and O–H groups in total. The second-order valence-electron chi connectivity index (χ2n) is 6.25. The lowest BCUT2D eigenvalue weighted by Gasteiger charge is -2.21. The summed E-state index contributed by atoms with van der Waals surface area (Å²) in [7, 11) is 0. The van der Waals surface area contributed by atoms with E-state index in [1.54, 1.807) is 6.20 Å². The number of amides is 1. The summed E-state index contributed by atoms with van der Waals surface area (Å²) in [6, 6.07) is 3.82. The molecule has 0 radical (unpaired) electrons. The molecule has 0 aliphatic carbocycles. The summed E-state index contributed by atoms with van der Waals surface area (Å²) in [5, 5.41) is 4.02. The fraction of sp³-hybridized carbons (Fsp3) is 0.529. The van der Waals surface area contributed by atoms with Gasteiger partial charge in [-0.2, -0.15) is 4.98 Å². The number of rotatable bonds is 5. The number of carbonyl (C=O) groups is 1. The zero-order chi connectivity index (χ0) is 16.2. The van der Waals surface area contributed by atoms with Gasteiger partial charge in [-0.15, -0.1) is 0 Å². The van der Waals surface area contributed by atoms with Crippen molar-refractivity contribution in [2.24, 2.45) is 0 Å². The second kappa shape index (κ2) is 6.89. The Labute approximate surface area is 135 Å². The minimum atomic E-state index is -0.0728. The molecular formula is C17H22N4O2. The first kappa shape index (κ1) is 15.6. The van der Waals surface area contributed by atoms with E-state index in [1.807, 2.05) is 37.1 Å². The zero-order valence-corrected chi connectivity index (χ0v) is 13.6. The number of pyridine rings is 1. The van der Waals surface area contributed by atoms with Gasteiger partial charge in [-0.3, -0.25) is 9.78 Å². The van der Waals surface area contributed by atoms with Crippen LogP contribution in [0.4, 0.5) is 0 Å². The molecule has 3 rings (SSSR count). The summed E-state index contributed by atoms with van der Waals surface area (Å²) in [4.78, 5) is 23.0. The van der Waals surface area contributed by atoms with Gasteiger partial charge in [-0.1, -0.05) is 25.1 Å². The Morgan fingerprint density at radius 2 is 2.35 bits per heavy atom. The van der Waals surface area contributed by atoms with Crippen molar-refractivity contribution in [2.75, 3.05) is 6.54 Å². The number of aromatic nitrogens is 3. The van der Waals surface area contributed by atoms with Gasteiger partial charge in [0.25, 0.3) is 0 Å². The van der Waals surface area contributed by atoms with Gasteiger partial charge in [0, 0.05) is 31.3 Å². The van der Waals surface area contributed by atoms with E-state index in [0.29, 0.717) is 24.6 Å². The SMILES string of the molecule is CC(C)c1noc(C2CCCN2C(=O)CCc2cccnc2)n1. The summed E-state index contributed by atoms with van der Waals surface area (Å²) in [6.07, 6.45) is 6.59. The predicted octanol–water partition coefficient (Wildman–Crippen LogP) is 2.88. The van der Waals surface area contributed by atoms with Crippen LogP contribution in [-0.2, 0) is 11.2 Å². The maximum atomic E-state index is 12.6. The van der Waals surface area contributed by atoms with Gasteiger partial charge in [0.15, 0.2) is 5.82 Å². The van der Waals surface area contributed by atoms with Gasteiger partial charge >= 0.3 is 0 Å². The molecule has 1 saturated heterocycles. The maximum absolute atomic E-state index is 12.6. The molecular weight excluding hydrogens is 292 g/mol. The third kappa shape index (κ3) is 3.57. The standard InChI is InChI=1S/C17H22N4O2/c1-12(2)16-19-17(23-20-16)14-6-4-10-21(14)15(22)8-7-13-5-3-9-18-11-13/h3,5,9,11-12,14H,4,6-8,10H2,1-2H3. The lowest BCUT2D eigenvalue weighted by atomic mass is 10.1. The zero-order valence-electron chi connectivity index (χ0n) is 13.6. The number of aryl methyl sites for hydroxylation is 1. The number of hydrogen-bond donors (Lipinski definition) is 0. The molecule has 1 atom stereocenters. The molecule has 0 aromatic carbocycles. The first-order valence-corrected chi connectivity index (χ1v) is 8.17. The lowest BCUT2D eigenvalue weighted by Crippen LogP contribution is -2.30. The maximum Gasteiger partial charge on any atom is 0.249 e. The molecule has 2 aromatic rings. The highest BCUT2D eigenvalue weighted by atomic mass is 16.5. The molecule has 1 unspecified atom stereocenters. The van der Waals surface area contributed by atoms with Crippen LogP contribution < -0.4 is 0 Å². The quantitative estimate of drug-likeness (QED) is 0.848. The third-order valence-corrected chi connectivity index (χ3v) is 4.18. The van der Waals surface area contributed by atoms with Crippen LogP contribution in [0.15, 0.2) is 29.0 Å². The average Bonchev–Trinajstić information content (AvgIpc) is 3.22. The van der Waals surface area contributed by atoms with Crippen molar-refractivity contribution in [1.82, 2.24) is 20.0 Å². The van der Waals surface area contributed by atoms with Gasteiger partial charge < -0.3 is 9.42 Å². The van der Waals surface area contributed by atoms with Crippen molar-refractivity contribution in [3.05, 3.63) is 41.8 Å². The molecule has 122 valence electrons. The van der Waals surface area contributed by atoms with E-state index < -0.39 is 0 Å². The van der Waals surface area contributed by atoms with Crippen LogP contribution in [0.2, 0.25) is 0 Å². The molecule has 1 aliphatic rings. The Morgan fingerprint density at radius 1 is 1.48 bits per heavy atom. The highest BCUT2D eigenvalue weighted by molar-refractivity contribution is 5.77. The van der Waals surface area contributed by atoms with Gasteiger partial charge in [-0.05, 0) is 30.9 Å².